The van der Waals surface area contributed by atoms with Crippen molar-refractivity contribution >= 4 is 28.8 Å². The molecule has 1 aliphatic heterocycles. The van der Waals surface area contributed by atoms with E-state index in [9.17, 15) is 4.79 Å². The van der Waals surface area contributed by atoms with E-state index in [1.165, 1.54) is 11.3 Å². The third-order valence-electron chi connectivity index (χ3n) is 3.11. The summed E-state index contributed by atoms with van der Waals surface area (Å²) in [5.74, 6) is 1.26. The molecule has 0 bridgehead atoms. The highest BCUT2D eigenvalue weighted by Crippen LogP contribution is 2.27. The predicted molar refractivity (Wildman–Crippen MR) is 63.6 cm³/mol. The second-order valence-electron chi connectivity index (χ2n) is 3.92. The Morgan fingerprint density at radius 3 is 3.07 bits per heavy atom. The van der Waals surface area contributed by atoms with Crippen LogP contribution in [-0.2, 0) is 0 Å². The molecule has 1 fully saturated rings. The second-order valence-corrected chi connectivity index (χ2v) is 5.18. The fraction of sp³-hybridized carbons (Fsp3) is 0.545. The lowest BCUT2D eigenvalue weighted by molar-refractivity contribution is 0.0740. The van der Waals surface area contributed by atoms with Gasteiger partial charge < -0.3 is 4.90 Å². The summed E-state index contributed by atoms with van der Waals surface area (Å²) < 4.78 is 0. The van der Waals surface area contributed by atoms with Gasteiger partial charge in [0.1, 0.15) is 0 Å². The van der Waals surface area contributed by atoms with Gasteiger partial charge in [0, 0.05) is 18.5 Å². The van der Waals surface area contributed by atoms with E-state index in [0.29, 0.717) is 11.8 Å². The topological polar surface area (TPSA) is 20.3 Å². The third kappa shape index (κ3) is 2.04. The van der Waals surface area contributed by atoms with Crippen LogP contribution < -0.4 is 0 Å². The number of alkyl halides is 1. The van der Waals surface area contributed by atoms with Crippen LogP contribution in [-0.4, -0.2) is 29.3 Å². The maximum absolute atomic E-state index is 12.1. The van der Waals surface area contributed by atoms with E-state index in [4.69, 9.17) is 11.6 Å². The van der Waals surface area contributed by atoms with E-state index in [1.807, 2.05) is 22.4 Å². The van der Waals surface area contributed by atoms with Crippen LogP contribution in [0.1, 0.15) is 23.0 Å². The second kappa shape index (κ2) is 4.54. The number of carbonyl (C=O) groups is 1. The maximum Gasteiger partial charge on any atom is 0.264 e. The van der Waals surface area contributed by atoms with Crippen molar-refractivity contribution in [2.75, 3.05) is 12.4 Å². The first-order valence-electron chi connectivity index (χ1n) is 5.14. The van der Waals surface area contributed by atoms with Crippen molar-refractivity contribution in [1.82, 2.24) is 4.90 Å². The number of hydrogen-bond acceptors (Lipinski definition) is 2. The molecule has 1 aliphatic rings. The molecule has 0 N–H and O–H groups in total. The molecule has 2 rings (SSSR count). The molecule has 0 spiro atoms. The van der Waals surface area contributed by atoms with Gasteiger partial charge in [-0.2, -0.15) is 0 Å². The number of amides is 1. The number of carbonyl (C=O) groups excluding carboxylic acids is 1. The SMILES string of the molecule is CC1C(CCl)CCN1C(=O)c1cccs1. The van der Waals surface area contributed by atoms with E-state index in [2.05, 4.69) is 6.92 Å². The zero-order valence-electron chi connectivity index (χ0n) is 8.65. The number of hydrogen-bond donors (Lipinski definition) is 0. The minimum absolute atomic E-state index is 0.158. The number of likely N-dealkylation sites (tertiary alicyclic amines) is 1. The van der Waals surface area contributed by atoms with Gasteiger partial charge in [0.15, 0.2) is 0 Å². The lowest BCUT2D eigenvalue weighted by atomic mass is 10.0. The molecule has 2 unspecified atom stereocenters. The summed E-state index contributed by atoms with van der Waals surface area (Å²) in [5.41, 5.74) is 0. The van der Waals surface area contributed by atoms with Gasteiger partial charge in [-0.25, -0.2) is 0 Å². The van der Waals surface area contributed by atoms with E-state index >= 15 is 0 Å². The first-order valence-corrected chi connectivity index (χ1v) is 6.56. The molecule has 0 aliphatic carbocycles. The first kappa shape index (κ1) is 11.0. The van der Waals surface area contributed by atoms with Crippen LogP contribution in [0.4, 0.5) is 0 Å². The predicted octanol–water partition coefficient (Wildman–Crippen LogP) is 2.84. The molecule has 0 aromatic carbocycles. The Bertz CT molecular complexity index is 338. The molecule has 0 radical (unpaired) electrons. The Labute approximate surface area is 98.8 Å². The molecule has 15 heavy (non-hydrogen) atoms. The van der Waals surface area contributed by atoms with E-state index < -0.39 is 0 Å². The normalized spacial score (nSPS) is 25.9. The number of nitrogens with zero attached hydrogens (tertiary/aromatic N) is 1. The minimum atomic E-state index is 0.158. The van der Waals surface area contributed by atoms with Crippen LogP contribution in [0.5, 0.6) is 0 Å². The third-order valence-corrected chi connectivity index (χ3v) is 4.36. The van der Waals surface area contributed by atoms with Crippen LogP contribution in [0, 0.1) is 5.92 Å². The molecule has 1 aromatic rings. The maximum atomic E-state index is 12.1. The molecular weight excluding hydrogens is 230 g/mol. The summed E-state index contributed by atoms with van der Waals surface area (Å²) in [6.07, 6.45) is 1.03. The number of thiophene rings is 1. The fourth-order valence-electron chi connectivity index (χ4n) is 2.04. The van der Waals surface area contributed by atoms with Gasteiger partial charge in [0.2, 0.25) is 0 Å². The van der Waals surface area contributed by atoms with Gasteiger partial charge in [-0.1, -0.05) is 6.07 Å². The summed E-state index contributed by atoms with van der Waals surface area (Å²) in [7, 11) is 0. The monoisotopic (exact) mass is 243 g/mol. The highest BCUT2D eigenvalue weighted by molar-refractivity contribution is 7.12. The quantitative estimate of drug-likeness (QED) is 0.732. The largest absolute Gasteiger partial charge is 0.335 e. The smallest absolute Gasteiger partial charge is 0.264 e. The Morgan fingerprint density at radius 1 is 1.73 bits per heavy atom. The lowest BCUT2D eigenvalue weighted by Gasteiger charge is -2.23. The zero-order chi connectivity index (χ0) is 10.8. The average molecular weight is 244 g/mol. The van der Waals surface area contributed by atoms with Gasteiger partial charge in [0.05, 0.1) is 4.88 Å². The summed E-state index contributed by atoms with van der Waals surface area (Å²) in [5, 5.41) is 1.94. The van der Waals surface area contributed by atoms with Crippen LogP contribution in [0.2, 0.25) is 0 Å². The molecule has 1 aromatic heterocycles. The van der Waals surface area contributed by atoms with Crippen molar-refractivity contribution in [2.24, 2.45) is 5.92 Å². The zero-order valence-corrected chi connectivity index (χ0v) is 10.2. The fourth-order valence-corrected chi connectivity index (χ4v) is 3.13. The van der Waals surface area contributed by atoms with Gasteiger partial charge in [0.25, 0.3) is 5.91 Å². The van der Waals surface area contributed by atoms with Crippen LogP contribution in [0.15, 0.2) is 17.5 Å². The highest BCUT2D eigenvalue weighted by atomic mass is 35.5. The Balaban J connectivity index is 2.10. The van der Waals surface area contributed by atoms with Crippen LogP contribution >= 0.6 is 22.9 Å². The van der Waals surface area contributed by atoms with E-state index in [1.54, 1.807) is 0 Å². The van der Waals surface area contributed by atoms with E-state index in [0.717, 1.165) is 17.8 Å². The first-order chi connectivity index (χ1) is 7.24. The Hall–Kier alpha value is -0.540. The lowest BCUT2D eigenvalue weighted by Crippen LogP contribution is -2.35. The van der Waals surface area contributed by atoms with Crippen LogP contribution in [0.25, 0.3) is 0 Å². The van der Waals surface area contributed by atoms with Gasteiger partial charge in [-0.3, -0.25) is 4.79 Å². The molecule has 1 amide bonds. The summed E-state index contributed by atoms with van der Waals surface area (Å²) in [4.78, 5) is 14.8. The summed E-state index contributed by atoms with van der Waals surface area (Å²) >= 11 is 7.37. The van der Waals surface area contributed by atoms with Crippen molar-refractivity contribution in [3.8, 4) is 0 Å². The average Bonchev–Trinajstić information content (AvgIpc) is 2.85. The van der Waals surface area contributed by atoms with Crippen molar-refractivity contribution in [1.29, 1.82) is 0 Å². The van der Waals surface area contributed by atoms with Crippen molar-refractivity contribution in [3.63, 3.8) is 0 Å². The molecule has 2 heterocycles. The summed E-state index contributed by atoms with van der Waals surface area (Å²) in [6.45, 7) is 2.93. The molecule has 2 nitrogen and oxygen atoms in total. The highest BCUT2D eigenvalue weighted by Gasteiger charge is 2.33. The standard InChI is InChI=1S/C11H14ClNOS/c1-8-9(7-12)4-5-13(8)11(14)10-3-2-6-15-10/h2-3,6,8-9H,4-5,7H2,1H3. The number of rotatable bonds is 2. The van der Waals surface area contributed by atoms with Crippen molar-refractivity contribution in [2.45, 2.75) is 19.4 Å². The summed E-state index contributed by atoms with van der Waals surface area (Å²) in [6, 6.07) is 4.07. The molecule has 1 saturated heterocycles. The van der Waals surface area contributed by atoms with Gasteiger partial charge in [-0.15, -0.1) is 22.9 Å². The minimum Gasteiger partial charge on any atom is -0.335 e. The number of halogens is 1. The van der Waals surface area contributed by atoms with Crippen LogP contribution in [0.3, 0.4) is 0 Å². The molecule has 2 atom stereocenters. The van der Waals surface area contributed by atoms with Crippen molar-refractivity contribution < 1.29 is 4.79 Å². The van der Waals surface area contributed by atoms with Gasteiger partial charge >= 0.3 is 0 Å². The molecule has 4 heteroatoms. The van der Waals surface area contributed by atoms with Crippen molar-refractivity contribution in [3.05, 3.63) is 22.4 Å². The van der Waals surface area contributed by atoms with Gasteiger partial charge in [-0.05, 0) is 30.7 Å². The van der Waals surface area contributed by atoms with E-state index in [-0.39, 0.29) is 11.9 Å². The molecular formula is C11H14ClNOS. The Morgan fingerprint density at radius 2 is 2.53 bits per heavy atom. The molecule has 82 valence electrons. The molecule has 0 saturated carbocycles. The Kier molecular flexibility index (Phi) is 3.32.